The van der Waals surface area contributed by atoms with Crippen LogP contribution in [0, 0.1) is 0 Å². The molecule has 0 radical (unpaired) electrons. The Kier molecular flexibility index (Phi) is 6.44. The molecule has 0 saturated carbocycles. The summed E-state index contributed by atoms with van der Waals surface area (Å²) in [5.41, 5.74) is 2.96. The van der Waals surface area contributed by atoms with Gasteiger partial charge in [0.2, 0.25) is 5.90 Å². The molecule has 0 N–H and O–H groups in total. The van der Waals surface area contributed by atoms with Gasteiger partial charge in [0.25, 0.3) is 0 Å². The van der Waals surface area contributed by atoms with Crippen molar-refractivity contribution in [3.05, 3.63) is 70.9 Å². The lowest BCUT2D eigenvalue weighted by molar-refractivity contribution is -0.145. The lowest BCUT2D eigenvalue weighted by atomic mass is 10.0. The first kappa shape index (κ1) is 20.3. The van der Waals surface area contributed by atoms with Crippen LogP contribution in [0.1, 0.15) is 43.4 Å². The van der Waals surface area contributed by atoms with Crippen LogP contribution < -0.4 is 4.74 Å². The minimum atomic E-state index is -0.490. The van der Waals surface area contributed by atoms with Crippen molar-refractivity contribution in [2.45, 2.75) is 26.7 Å². The second-order valence-corrected chi connectivity index (χ2v) is 6.78. The molecular formula is C23H23NO5. The van der Waals surface area contributed by atoms with Crippen LogP contribution in [0.25, 0.3) is 6.08 Å². The molecule has 6 heteroatoms. The van der Waals surface area contributed by atoms with E-state index in [4.69, 9.17) is 14.2 Å². The van der Waals surface area contributed by atoms with E-state index in [1.54, 1.807) is 37.3 Å². The largest absolute Gasteiger partial charge is 0.482 e. The van der Waals surface area contributed by atoms with Crippen LogP contribution in [0.3, 0.4) is 0 Å². The predicted octanol–water partition coefficient (Wildman–Crippen LogP) is 4.10. The molecule has 0 aromatic heterocycles. The van der Waals surface area contributed by atoms with Gasteiger partial charge in [0, 0.05) is 5.56 Å². The van der Waals surface area contributed by atoms with E-state index in [0.717, 1.165) is 11.1 Å². The molecule has 2 aromatic carbocycles. The average molecular weight is 393 g/mol. The van der Waals surface area contributed by atoms with Crippen molar-refractivity contribution < 1.29 is 23.8 Å². The van der Waals surface area contributed by atoms with Crippen LogP contribution in [0.2, 0.25) is 0 Å². The van der Waals surface area contributed by atoms with Crippen molar-refractivity contribution in [2.75, 3.05) is 13.2 Å². The van der Waals surface area contributed by atoms with E-state index >= 15 is 0 Å². The maximum absolute atomic E-state index is 12.2. The van der Waals surface area contributed by atoms with Crippen molar-refractivity contribution in [3.63, 3.8) is 0 Å². The molecular weight excluding hydrogens is 370 g/mol. The van der Waals surface area contributed by atoms with Crippen molar-refractivity contribution in [1.82, 2.24) is 0 Å². The molecule has 0 amide bonds. The third kappa shape index (κ3) is 5.31. The number of ether oxygens (including phenoxy) is 3. The zero-order valence-electron chi connectivity index (χ0n) is 16.7. The van der Waals surface area contributed by atoms with Crippen molar-refractivity contribution in [3.8, 4) is 5.75 Å². The number of nitrogens with zero attached hydrogens (tertiary/aromatic N) is 1. The standard InChI is InChI=1S/C23H23NO5/c1-4-27-21(25)14-28-19-11-5-16(6-12-19)13-20-23(26)29-22(24-20)18-9-7-17(8-10-18)15(2)3/h5-13,15H,4,14H2,1-3H3/b20-13-. The fourth-order valence-electron chi connectivity index (χ4n) is 2.71. The van der Waals surface area contributed by atoms with Crippen LogP contribution >= 0.6 is 0 Å². The van der Waals surface area contributed by atoms with Gasteiger partial charge in [-0.05, 0) is 54.3 Å². The van der Waals surface area contributed by atoms with E-state index in [1.807, 2.05) is 24.3 Å². The molecule has 1 heterocycles. The van der Waals surface area contributed by atoms with Gasteiger partial charge in [0.05, 0.1) is 6.61 Å². The molecule has 3 rings (SSSR count). The fourth-order valence-corrected chi connectivity index (χ4v) is 2.71. The van der Waals surface area contributed by atoms with Crippen LogP contribution in [0.4, 0.5) is 0 Å². The maximum Gasteiger partial charge on any atom is 0.363 e. The van der Waals surface area contributed by atoms with Crippen LogP contribution in [0.15, 0.2) is 59.2 Å². The Labute approximate surface area is 169 Å². The van der Waals surface area contributed by atoms with Gasteiger partial charge >= 0.3 is 11.9 Å². The molecule has 0 unspecified atom stereocenters. The topological polar surface area (TPSA) is 74.2 Å². The normalized spacial score (nSPS) is 14.7. The molecule has 29 heavy (non-hydrogen) atoms. The van der Waals surface area contributed by atoms with Gasteiger partial charge in [0.15, 0.2) is 12.3 Å². The Morgan fingerprint density at radius 1 is 1.10 bits per heavy atom. The zero-order chi connectivity index (χ0) is 20.8. The highest BCUT2D eigenvalue weighted by Gasteiger charge is 2.24. The average Bonchev–Trinajstić information content (AvgIpc) is 3.08. The van der Waals surface area contributed by atoms with E-state index in [0.29, 0.717) is 24.2 Å². The molecule has 1 aliphatic heterocycles. The summed E-state index contributed by atoms with van der Waals surface area (Å²) in [5, 5.41) is 0. The van der Waals surface area contributed by atoms with Crippen LogP contribution in [-0.4, -0.2) is 31.1 Å². The SMILES string of the molecule is CCOC(=O)COc1ccc(/C=C2\N=C(c3ccc(C(C)C)cc3)OC2=O)cc1. The second kappa shape index (κ2) is 9.19. The Morgan fingerprint density at radius 2 is 1.79 bits per heavy atom. The minimum absolute atomic E-state index is 0.149. The minimum Gasteiger partial charge on any atom is -0.482 e. The molecule has 150 valence electrons. The summed E-state index contributed by atoms with van der Waals surface area (Å²) in [6, 6.07) is 14.8. The Morgan fingerprint density at radius 3 is 2.41 bits per heavy atom. The van der Waals surface area contributed by atoms with Gasteiger partial charge in [-0.3, -0.25) is 0 Å². The number of rotatable bonds is 7. The predicted molar refractivity (Wildman–Crippen MR) is 110 cm³/mol. The summed E-state index contributed by atoms with van der Waals surface area (Å²) < 4.78 is 15.5. The van der Waals surface area contributed by atoms with Crippen LogP contribution in [0.5, 0.6) is 5.75 Å². The summed E-state index contributed by atoms with van der Waals surface area (Å²) >= 11 is 0. The summed E-state index contributed by atoms with van der Waals surface area (Å²) in [6.45, 7) is 6.15. The number of carbonyl (C=O) groups is 2. The Balaban J connectivity index is 1.69. The second-order valence-electron chi connectivity index (χ2n) is 6.78. The number of benzene rings is 2. The molecule has 2 aromatic rings. The summed E-state index contributed by atoms with van der Waals surface area (Å²) in [7, 11) is 0. The highest BCUT2D eigenvalue weighted by Crippen LogP contribution is 2.22. The number of hydrogen-bond acceptors (Lipinski definition) is 6. The molecule has 0 atom stereocenters. The first-order valence-electron chi connectivity index (χ1n) is 9.47. The summed E-state index contributed by atoms with van der Waals surface area (Å²) in [4.78, 5) is 27.8. The van der Waals surface area contributed by atoms with E-state index in [1.165, 1.54) is 5.56 Å². The Bertz CT molecular complexity index is 940. The van der Waals surface area contributed by atoms with Gasteiger partial charge in [-0.1, -0.05) is 38.1 Å². The maximum atomic E-state index is 12.2. The molecule has 6 nitrogen and oxygen atoms in total. The first-order chi connectivity index (χ1) is 14.0. The molecule has 0 bridgehead atoms. The van der Waals surface area contributed by atoms with Crippen molar-refractivity contribution in [1.29, 1.82) is 0 Å². The zero-order valence-corrected chi connectivity index (χ0v) is 16.7. The number of carbonyl (C=O) groups excluding carboxylic acids is 2. The number of aliphatic imine (C=N–C) groups is 1. The monoisotopic (exact) mass is 393 g/mol. The van der Waals surface area contributed by atoms with Crippen molar-refractivity contribution >= 4 is 23.9 Å². The molecule has 0 aliphatic carbocycles. The molecule has 1 aliphatic rings. The molecule has 0 saturated heterocycles. The lowest BCUT2D eigenvalue weighted by Crippen LogP contribution is -2.14. The van der Waals surface area contributed by atoms with E-state index in [9.17, 15) is 9.59 Å². The van der Waals surface area contributed by atoms with E-state index in [2.05, 4.69) is 18.8 Å². The summed E-state index contributed by atoms with van der Waals surface area (Å²) in [5.74, 6) is 0.345. The Hall–Kier alpha value is -3.41. The first-order valence-corrected chi connectivity index (χ1v) is 9.47. The molecule has 0 spiro atoms. The highest BCUT2D eigenvalue weighted by atomic mass is 16.6. The fraction of sp³-hybridized carbons (Fsp3) is 0.261. The number of hydrogen-bond donors (Lipinski definition) is 0. The quantitative estimate of drug-likeness (QED) is 0.523. The number of cyclic esters (lactones) is 1. The number of esters is 2. The van der Waals surface area contributed by atoms with Crippen molar-refractivity contribution in [2.24, 2.45) is 4.99 Å². The van der Waals surface area contributed by atoms with Gasteiger partial charge < -0.3 is 14.2 Å². The van der Waals surface area contributed by atoms with E-state index in [-0.39, 0.29) is 12.3 Å². The molecule has 0 fully saturated rings. The van der Waals surface area contributed by atoms with Crippen LogP contribution in [-0.2, 0) is 19.1 Å². The highest BCUT2D eigenvalue weighted by molar-refractivity contribution is 6.12. The summed E-state index contributed by atoms with van der Waals surface area (Å²) in [6.07, 6.45) is 1.65. The smallest absolute Gasteiger partial charge is 0.363 e. The van der Waals surface area contributed by atoms with Gasteiger partial charge in [-0.2, -0.15) is 0 Å². The lowest BCUT2D eigenvalue weighted by Gasteiger charge is -2.05. The third-order valence-electron chi connectivity index (χ3n) is 4.29. The van der Waals surface area contributed by atoms with Gasteiger partial charge in [-0.15, -0.1) is 0 Å². The third-order valence-corrected chi connectivity index (χ3v) is 4.29. The van der Waals surface area contributed by atoms with E-state index < -0.39 is 11.9 Å². The van der Waals surface area contributed by atoms with Gasteiger partial charge in [-0.25, -0.2) is 14.6 Å². The van der Waals surface area contributed by atoms with Gasteiger partial charge in [0.1, 0.15) is 5.75 Å².